The number of ketones is 2. The third-order valence-electron chi connectivity index (χ3n) is 8.72. The summed E-state index contributed by atoms with van der Waals surface area (Å²) in [5.41, 5.74) is 6.06. The molecule has 0 aromatic rings. The molecule has 0 bridgehead atoms. The third-order valence-corrected chi connectivity index (χ3v) is 8.72. The van der Waals surface area contributed by atoms with Crippen LogP contribution in [0, 0.1) is 23.7 Å². The molecule has 7 atom stereocenters. The smallest absolute Gasteiger partial charge is 0.170 e. The van der Waals surface area contributed by atoms with Crippen LogP contribution < -0.4 is 11.1 Å². The van der Waals surface area contributed by atoms with Crippen LogP contribution in [0.15, 0.2) is 0 Å². The van der Waals surface area contributed by atoms with E-state index in [4.69, 9.17) is 10.5 Å². The molecule has 2 saturated carbocycles. The van der Waals surface area contributed by atoms with Crippen molar-refractivity contribution in [3.8, 4) is 0 Å². The van der Waals surface area contributed by atoms with E-state index < -0.39 is 12.2 Å². The second-order valence-electron chi connectivity index (χ2n) is 11.3. The van der Waals surface area contributed by atoms with E-state index in [1.54, 1.807) is 7.11 Å². The first-order valence-corrected chi connectivity index (χ1v) is 13.8. The zero-order chi connectivity index (χ0) is 24.5. The van der Waals surface area contributed by atoms with Gasteiger partial charge in [-0.25, -0.2) is 0 Å². The van der Waals surface area contributed by atoms with Gasteiger partial charge < -0.3 is 26.0 Å². The number of hydrogen-bond acceptors (Lipinski definition) is 7. The van der Waals surface area contributed by atoms with Gasteiger partial charge in [0.2, 0.25) is 0 Å². The van der Waals surface area contributed by atoms with Crippen LogP contribution >= 0.6 is 0 Å². The van der Waals surface area contributed by atoms with Crippen molar-refractivity contribution in [2.24, 2.45) is 29.4 Å². The molecule has 196 valence electrons. The predicted molar refractivity (Wildman–Crippen MR) is 132 cm³/mol. The number of hydrogen-bond donors (Lipinski definition) is 4. The lowest BCUT2D eigenvalue weighted by Crippen LogP contribution is -2.47. The number of piperidine rings is 1. The van der Waals surface area contributed by atoms with Gasteiger partial charge in [-0.2, -0.15) is 0 Å². The van der Waals surface area contributed by atoms with Crippen LogP contribution in [0.5, 0.6) is 0 Å². The van der Waals surface area contributed by atoms with E-state index in [1.165, 1.54) is 32.1 Å². The summed E-state index contributed by atoms with van der Waals surface area (Å²) in [6.07, 6.45) is 11.6. The van der Waals surface area contributed by atoms with Crippen LogP contribution in [0.3, 0.4) is 0 Å². The number of ether oxygens (including phenoxy) is 1. The van der Waals surface area contributed by atoms with Crippen LogP contribution in [0.25, 0.3) is 0 Å². The van der Waals surface area contributed by atoms with Gasteiger partial charge >= 0.3 is 0 Å². The highest BCUT2D eigenvalue weighted by molar-refractivity contribution is 6.04. The van der Waals surface area contributed by atoms with Crippen molar-refractivity contribution in [3.63, 3.8) is 0 Å². The van der Waals surface area contributed by atoms with Gasteiger partial charge in [0.25, 0.3) is 0 Å². The average Bonchev–Trinajstić information content (AvgIpc) is 2.84. The summed E-state index contributed by atoms with van der Waals surface area (Å²) in [6, 6.07) is 0. The van der Waals surface area contributed by atoms with Crippen LogP contribution in [-0.4, -0.2) is 59.9 Å². The molecule has 2 aliphatic carbocycles. The molecule has 1 heterocycles. The van der Waals surface area contributed by atoms with E-state index in [-0.39, 0.29) is 42.1 Å². The molecule has 3 fully saturated rings. The maximum atomic E-state index is 12.6. The molecule has 3 rings (SSSR count). The second kappa shape index (κ2) is 14.0. The predicted octanol–water partition coefficient (Wildman–Crippen LogP) is 3.09. The molecule has 7 heteroatoms. The molecular formula is C27H48N2O5. The Balaban J connectivity index is 1.42. The van der Waals surface area contributed by atoms with Gasteiger partial charge in [-0.1, -0.05) is 38.5 Å². The zero-order valence-electron chi connectivity index (χ0n) is 21.1. The van der Waals surface area contributed by atoms with Gasteiger partial charge in [-0.3, -0.25) is 9.59 Å². The summed E-state index contributed by atoms with van der Waals surface area (Å²) >= 11 is 0. The van der Waals surface area contributed by atoms with Gasteiger partial charge in [-0.05, 0) is 75.2 Å². The number of rotatable bonds is 12. The van der Waals surface area contributed by atoms with Crippen LogP contribution in [0.2, 0.25) is 0 Å². The zero-order valence-corrected chi connectivity index (χ0v) is 21.1. The lowest BCUT2D eigenvalue weighted by molar-refractivity contribution is -0.139. The molecule has 5 N–H and O–H groups in total. The topological polar surface area (TPSA) is 122 Å². The number of nitrogens with two attached hydrogens (primary N) is 1. The number of nitrogens with one attached hydrogen (secondary N) is 1. The van der Waals surface area contributed by atoms with Crippen LogP contribution in [0.1, 0.15) is 96.3 Å². The summed E-state index contributed by atoms with van der Waals surface area (Å²) in [7, 11) is 1.63. The molecule has 0 radical (unpaired) electrons. The lowest BCUT2D eigenvalue weighted by Gasteiger charge is -2.41. The molecule has 0 aromatic heterocycles. The third kappa shape index (κ3) is 8.37. The van der Waals surface area contributed by atoms with E-state index in [2.05, 4.69) is 5.32 Å². The van der Waals surface area contributed by atoms with Crippen LogP contribution in [-0.2, 0) is 14.3 Å². The Bertz CT molecular complexity index is 639. The molecule has 1 aliphatic heterocycles. The number of Topliss-reactive ketones (excluding diaryl/α,β-unsaturated/α-hetero) is 2. The quantitative estimate of drug-likeness (QED) is 0.317. The molecular weight excluding hydrogens is 432 g/mol. The van der Waals surface area contributed by atoms with Crippen molar-refractivity contribution >= 4 is 11.6 Å². The SMILES string of the molecule is COC1CC(CCC(=O)C(O)C(=O)CCCC2CCCCC2)CC(CC2CCNC(N)C2)C1O. The van der Waals surface area contributed by atoms with Crippen molar-refractivity contribution < 1.29 is 24.5 Å². The molecule has 3 aliphatic rings. The summed E-state index contributed by atoms with van der Waals surface area (Å²) < 4.78 is 5.59. The van der Waals surface area contributed by atoms with E-state index in [0.29, 0.717) is 31.1 Å². The van der Waals surface area contributed by atoms with Crippen molar-refractivity contribution in [3.05, 3.63) is 0 Å². The average molecular weight is 481 g/mol. The Morgan fingerprint density at radius 1 is 0.971 bits per heavy atom. The summed E-state index contributed by atoms with van der Waals surface area (Å²) in [5, 5.41) is 24.4. The van der Waals surface area contributed by atoms with Gasteiger partial charge in [0.05, 0.1) is 18.4 Å². The molecule has 0 amide bonds. The fraction of sp³-hybridized carbons (Fsp3) is 0.926. The Morgan fingerprint density at radius 3 is 2.41 bits per heavy atom. The minimum atomic E-state index is -1.48. The van der Waals surface area contributed by atoms with Crippen molar-refractivity contribution in [2.75, 3.05) is 13.7 Å². The monoisotopic (exact) mass is 480 g/mol. The number of aliphatic hydroxyl groups is 2. The van der Waals surface area contributed by atoms with Gasteiger partial charge in [0, 0.05) is 20.0 Å². The first-order chi connectivity index (χ1) is 16.4. The first-order valence-electron chi connectivity index (χ1n) is 13.8. The summed E-state index contributed by atoms with van der Waals surface area (Å²) in [4.78, 5) is 24.9. The summed E-state index contributed by atoms with van der Waals surface area (Å²) in [5.74, 6) is 0.880. The number of aliphatic hydroxyl groups excluding tert-OH is 2. The minimum absolute atomic E-state index is 0.0211. The molecule has 34 heavy (non-hydrogen) atoms. The second-order valence-corrected chi connectivity index (χ2v) is 11.3. The standard InChI is InChI=1S/C27H48N2O5/c1-34-24-16-19(14-21(26(24)32)15-20-12-13-29-25(28)17-20)10-11-23(31)27(33)22(30)9-5-8-18-6-3-2-4-7-18/h18-21,24-27,29,32-33H,2-17,28H2,1H3. The van der Waals surface area contributed by atoms with E-state index >= 15 is 0 Å². The largest absolute Gasteiger partial charge is 0.390 e. The van der Waals surface area contributed by atoms with E-state index in [9.17, 15) is 19.8 Å². The van der Waals surface area contributed by atoms with Crippen molar-refractivity contribution in [2.45, 2.75) is 121 Å². The van der Waals surface area contributed by atoms with Gasteiger partial charge in [-0.15, -0.1) is 0 Å². The highest BCUT2D eigenvalue weighted by Crippen LogP contribution is 2.38. The van der Waals surface area contributed by atoms with E-state index in [0.717, 1.165) is 45.1 Å². The highest BCUT2D eigenvalue weighted by atomic mass is 16.5. The first kappa shape index (κ1) is 27.7. The lowest BCUT2D eigenvalue weighted by atomic mass is 9.71. The Hall–Kier alpha value is -0.860. The molecule has 0 spiro atoms. The van der Waals surface area contributed by atoms with Crippen molar-refractivity contribution in [1.29, 1.82) is 0 Å². The number of methoxy groups -OCH3 is 1. The van der Waals surface area contributed by atoms with Gasteiger partial charge in [0.1, 0.15) is 0 Å². The highest BCUT2D eigenvalue weighted by Gasteiger charge is 2.38. The fourth-order valence-electron chi connectivity index (χ4n) is 6.66. The molecule has 7 nitrogen and oxygen atoms in total. The van der Waals surface area contributed by atoms with Crippen LogP contribution in [0.4, 0.5) is 0 Å². The number of carbonyl (C=O) groups excluding carboxylic acids is 2. The maximum Gasteiger partial charge on any atom is 0.170 e. The Kier molecular flexibility index (Phi) is 11.4. The molecule has 1 saturated heterocycles. The van der Waals surface area contributed by atoms with E-state index in [1.807, 2.05) is 0 Å². The fourth-order valence-corrected chi connectivity index (χ4v) is 6.66. The van der Waals surface area contributed by atoms with Gasteiger partial charge in [0.15, 0.2) is 17.7 Å². The minimum Gasteiger partial charge on any atom is -0.390 e. The molecule has 0 aromatic carbocycles. The number of carbonyl (C=O) groups is 2. The summed E-state index contributed by atoms with van der Waals surface area (Å²) in [6.45, 7) is 0.910. The Morgan fingerprint density at radius 2 is 1.71 bits per heavy atom. The Labute approximate surface area is 205 Å². The normalized spacial score (nSPS) is 34.0. The maximum absolute atomic E-state index is 12.6. The van der Waals surface area contributed by atoms with Crippen molar-refractivity contribution in [1.82, 2.24) is 5.32 Å². The molecule has 7 unspecified atom stereocenters.